The summed E-state index contributed by atoms with van der Waals surface area (Å²) in [7, 11) is 0.995. The number of hydrogen-bond donors (Lipinski definition) is 0. The maximum Gasteiger partial charge on any atom is 0.0810 e. The molecule has 2 aliphatic rings. The van der Waals surface area contributed by atoms with Gasteiger partial charge in [-0.3, -0.25) is 0 Å². The molecule has 2 aliphatic carbocycles. The molecule has 2 radical (unpaired) electrons. The Morgan fingerprint density at radius 1 is 1.10 bits per heavy atom. The SMILES string of the molecule is C=C1CCCCC12CCCC(C[Si]c1ccccc1)C2. The highest BCUT2D eigenvalue weighted by Crippen LogP contribution is 2.52. The molecule has 2 fully saturated rings. The monoisotopic (exact) mass is 282 g/mol. The zero-order valence-corrected chi connectivity index (χ0v) is 13.5. The minimum absolute atomic E-state index is 0.544. The van der Waals surface area contributed by atoms with Crippen molar-refractivity contribution >= 4 is 14.7 Å². The first-order valence-corrected chi connectivity index (χ1v) is 9.46. The van der Waals surface area contributed by atoms with Crippen LogP contribution in [0, 0.1) is 11.3 Å². The van der Waals surface area contributed by atoms with Crippen molar-refractivity contribution in [1.82, 2.24) is 0 Å². The molecule has 20 heavy (non-hydrogen) atoms. The van der Waals surface area contributed by atoms with Gasteiger partial charge in [0.2, 0.25) is 0 Å². The molecule has 0 N–H and O–H groups in total. The number of rotatable bonds is 3. The summed E-state index contributed by atoms with van der Waals surface area (Å²) >= 11 is 0. The number of hydrogen-bond acceptors (Lipinski definition) is 0. The average Bonchev–Trinajstić information content (AvgIpc) is 2.50. The van der Waals surface area contributed by atoms with E-state index in [1.807, 2.05) is 0 Å². The largest absolute Gasteiger partial charge is 0.0993 e. The smallest absolute Gasteiger partial charge is 0.0810 e. The van der Waals surface area contributed by atoms with Crippen molar-refractivity contribution in [2.75, 3.05) is 0 Å². The van der Waals surface area contributed by atoms with Crippen LogP contribution in [0.3, 0.4) is 0 Å². The molecule has 1 spiro atoms. The predicted molar refractivity (Wildman–Crippen MR) is 88.6 cm³/mol. The van der Waals surface area contributed by atoms with Gasteiger partial charge in [0, 0.05) is 0 Å². The Bertz CT molecular complexity index is 446. The van der Waals surface area contributed by atoms with E-state index in [0.717, 1.165) is 15.4 Å². The van der Waals surface area contributed by atoms with Crippen molar-refractivity contribution in [2.45, 2.75) is 57.4 Å². The summed E-state index contributed by atoms with van der Waals surface area (Å²) in [5, 5.41) is 1.54. The average molecular weight is 283 g/mol. The second-order valence-corrected chi connectivity index (χ2v) is 8.14. The topological polar surface area (TPSA) is 0 Å². The zero-order chi connectivity index (χ0) is 13.8. The van der Waals surface area contributed by atoms with Crippen LogP contribution in [0.15, 0.2) is 42.5 Å². The summed E-state index contributed by atoms with van der Waals surface area (Å²) in [6.07, 6.45) is 11.3. The Morgan fingerprint density at radius 3 is 2.70 bits per heavy atom. The second kappa shape index (κ2) is 6.30. The van der Waals surface area contributed by atoms with Gasteiger partial charge in [-0.2, -0.15) is 0 Å². The molecule has 2 unspecified atom stereocenters. The molecule has 0 nitrogen and oxygen atoms in total. The van der Waals surface area contributed by atoms with E-state index in [0.29, 0.717) is 5.41 Å². The van der Waals surface area contributed by atoms with Gasteiger partial charge < -0.3 is 0 Å². The quantitative estimate of drug-likeness (QED) is 0.555. The highest BCUT2D eigenvalue weighted by molar-refractivity contribution is 6.53. The third kappa shape index (κ3) is 3.08. The predicted octanol–water partition coefficient (Wildman–Crippen LogP) is 4.74. The van der Waals surface area contributed by atoms with Crippen LogP contribution >= 0.6 is 0 Å². The Hall–Kier alpha value is -0.823. The Balaban J connectivity index is 1.59. The van der Waals surface area contributed by atoms with Crippen molar-refractivity contribution in [1.29, 1.82) is 0 Å². The summed E-state index contributed by atoms with van der Waals surface area (Å²) in [5.74, 6) is 0.942. The van der Waals surface area contributed by atoms with Crippen LogP contribution in [0.2, 0.25) is 6.04 Å². The van der Waals surface area contributed by atoms with Gasteiger partial charge in [-0.15, -0.1) is 0 Å². The van der Waals surface area contributed by atoms with Gasteiger partial charge in [-0.25, -0.2) is 0 Å². The fourth-order valence-electron chi connectivity index (χ4n) is 4.27. The Labute approximate surface area is 126 Å². The van der Waals surface area contributed by atoms with Gasteiger partial charge in [0.15, 0.2) is 0 Å². The maximum absolute atomic E-state index is 4.45. The van der Waals surface area contributed by atoms with E-state index in [9.17, 15) is 0 Å². The van der Waals surface area contributed by atoms with Crippen molar-refractivity contribution in [3.8, 4) is 0 Å². The molecule has 2 saturated carbocycles. The molecule has 3 rings (SSSR count). The lowest BCUT2D eigenvalue weighted by molar-refractivity contribution is 0.151. The third-order valence-electron chi connectivity index (χ3n) is 5.45. The van der Waals surface area contributed by atoms with Crippen LogP contribution in [0.5, 0.6) is 0 Å². The molecule has 0 saturated heterocycles. The molecule has 1 aromatic rings. The number of benzene rings is 1. The van der Waals surface area contributed by atoms with Crippen LogP contribution in [-0.4, -0.2) is 9.52 Å². The van der Waals surface area contributed by atoms with E-state index in [1.165, 1.54) is 62.6 Å². The minimum atomic E-state index is 0.544. The molecule has 1 aromatic carbocycles. The van der Waals surface area contributed by atoms with Crippen LogP contribution in [0.4, 0.5) is 0 Å². The molecule has 106 valence electrons. The van der Waals surface area contributed by atoms with Crippen LogP contribution in [0.1, 0.15) is 51.4 Å². The van der Waals surface area contributed by atoms with E-state index < -0.39 is 0 Å². The maximum atomic E-state index is 4.45. The Morgan fingerprint density at radius 2 is 1.90 bits per heavy atom. The van der Waals surface area contributed by atoms with Gasteiger partial charge in [0.05, 0.1) is 9.52 Å². The minimum Gasteiger partial charge on any atom is -0.0993 e. The van der Waals surface area contributed by atoms with Crippen molar-refractivity contribution in [3.63, 3.8) is 0 Å². The second-order valence-electron chi connectivity index (χ2n) is 6.80. The van der Waals surface area contributed by atoms with Gasteiger partial charge in [-0.1, -0.05) is 73.0 Å². The lowest BCUT2D eigenvalue weighted by Crippen LogP contribution is -2.33. The summed E-state index contributed by atoms with van der Waals surface area (Å²) < 4.78 is 0. The van der Waals surface area contributed by atoms with E-state index in [2.05, 4.69) is 36.9 Å². The first-order chi connectivity index (χ1) is 9.78. The van der Waals surface area contributed by atoms with Gasteiger partial charge in [0.1, 0.15) is 0 Å². The summed E-state index contributed by atoms with van der Waals surface area (Å²) in [6, 6.07) is 12.4. The van der Waals surface area contributed by atoms with Gasteiger partial charge >= 0.3 is 0 Å². The molecule has 0 aromatic heterocycles. The molecular formula is C19H26Si. The normalized spacial score (nSPS) is 30.6. The van der Waals surface area contributed by atoms with Gasteiger partial charge in [-0.05, 0) is 43.4 Å². The Kier molecular flexibility index (Phi) is 4.45. The highest BCUT2D eigenvalue weighted by Gasteiger charge is 2.39. The molecule has 0 amide bonds. The summed E-state index contributed by atoms with van der Waals surface area (Å²) in [5.41, 5.74) is 2.14. The highest BCUT2D eigenvalue weighted by atomic mass is 28.2. The van der Waals surface area contributed by atoms with E-state index in [-0.39, 0.29) is 0 Å². The molecule has 2 atom stereocenters. The first-order valence-electron chi connectivity index (χ1n) is 8.26. The van der Waals surface area contributed by atoms with Crippen LogP contribution in [0.25, 0.3) is 0 Å². The van der Waals surface area contributed by atoms with E-state index in [4.69, 9.17) is 0 Å². The van der Waals surface area contributed by atoms with E-state index >= 15 is 0 Å². The van der Waals surface area contributed by atoms with Crippen LogP contribution in [-0.2, 0) is 0 Å². The lowest BCUT2D eigenvalue weighted by atomic mass is 9.61. The fraction of sp³-hybridized carbons (Fsp3) is 0.579. The first kappa shape index (κ1) is 14.1. The molecule has 0 heterocycles. The van der Waals surface area contributed by atoms with Crippen molar-refractivity contribution < 1.29 is 0 Å². The third-order valence-corrected chi connectivity index (χ3v) is 6.97. The summed E-state index contributed by atoms with van der Waals surface area (Å²) in [4.78, 5) is 0. The molecule has 0 aliphatic heterocycles. The molecular weight excluding hydrogens is 256 g/mol. The zero-order valence-electron chi connectivity index (χ0n) is 12.5. The van der Waals surface area contributed by atoms with Crippen molar-refractivity contribution in [2.24, 2.45) is 11.3 Å². The van der Waals surface area contributed by atoms with Crippen LogP contribution < -0.4 is 5.19 Å². The fourth-order valence-corrected chi connectivity index (χ4v) is 5.57. The molecule has 0 bridgehead atoms. The van der Waals surface area contributed by atoms with Gasteiger partial charge in [0.25, 0.3) is 0 Å². The van der Waals surface area contributed by atoms with E-state index in [1.54, 1.807) is 5.57 Å². The van der Waals surface area contributed by atoms with Crippen molar-refractivity contribution in [3.05, 3.63) is 42.5 Å². The number of allylic oxidation sites excluding steroid dienone is 1. The molecule has 1 heteroatoms. The summed E-state index contributed by atoms with van der Waals surface area (Å²) in [6.45, 7) is 4.45. The lowest BCUT2D eigenvalue weighted by Gasteiger charge is -2.45. The standard InChI is InChI=1S/C19H26Si/c1-16-8-5-6-12-19(16)13-7-9-17(14-19)15-20-18-10-3-2-4-11-18/h2-4,10-11,17H,1,5-9,12-15H2.